The summed E-state index contributed by atoms with van der Waals surface area (Å²) >= 11 is 0. The van der Waals surface area contributed by atoms with Crippen LogP contribution < -0.4 is 14.8 Å². The second kappa shape index (κ2) is 8.22. The lowest BCUT2D eigenvalue weighted by atomic mass is 10.0. The van der Waals surface area contributed by atoms with Crippen molar-refractivity contribution in [2.24, 2.45) is 0 Å². The van der Waals surface area contributed by atoms with Crippen molar-refractivity contribution in [3.05, 3.63) is 71.8 Å². The van der Waals surface area contributed by atoms with Gasteiger partial charge in [-0.2, -0.15) is 0 Å². The molecule has 1 atom stereocenters. The Kier molecular flexibility index (Phi) is 5.33. The summed E-state index contributed by atoms with van der Waals surface area (Å²) in [5.74, 6) is 0.558. The van der Waals surface area contributed by atoms with E-state index in [9.17, 15) is 9.59 Å². The van der Waals surface area contributed by atoms with Crippen LogP contribution in [0.25, 0.3) is 10.8 Å². The molecule has 1 aliphatic heterocycles. The van der Waals surface area contributed by atoms with Crippen molar-refractivity contribution < 1.29 is 23.8 Å². The third kappa shape index (κ3) is 4.32. The van der Waals surface area contributed by atoms with Gasteiger partial charge in [-0.1, -0.05) is 48.5 Å². The van der Waals surface area contributed by atoms with Crippen molar-refractivity contribution in [1.29, 1.82) is 0 Å². The number of rotatable bonds is 6. The monoisotopic (exact) mass is 391 g/mol. The Morgan fingerprint density at radius 2 is 1.83 bits per heavy atom. The number of ether oxygens (including phenoxy) is 3. The first-order valence-electron chi connectivity index (χ1n) is 9.42. The summed E-state index contributed by atoms with van der Waals surface area (Å²) < 4.78 is 15.9. The molecular formula is C23H21NO5. The fourth-order valence-electron chi connectivity index (χ4n) is 3.28. The smallest absolute Gasteiger partial charge is 0.311 e. The summed E-state index contributed by atoms with van der Waals surface area (Å²) in [4.78, 5) is 24.6. The van der Waals surface area contributed by atoms with Crippen LogP contribution in [0.3, 0.4) is 0 Å². The summed E-state index contributed by atoms with van der Waals surface area (Å²) in [6, 6.07) is 19.1. The van der Waals surface area contributed by atoms with Crippen LogP contribution in [-0.4, -0.2) is 24.8 Å². The van der Waals surface area contributed by atoms with Gasteiger partial charge in [-0.05, 0) is 41.0 Å². The third-order valence-corrected chi connectivity index (χ3v) is 4.80. The van der Waals surface area contributed by atoms with Crippen molar-refractivity contribution in [3.63, 3.8) is 0 Å². The molecule has 0 spiro atoms. The van der Waals surface area contributed by atoms with E-state index in [1.165, 1.54) is 0 Å². The zero-order valence-electron chi connectivity index (χ0n) is 16.0. The van der Waals surface area contributed by atoms with Gasteiger partial charge in [-0.25, -0.2) is 0 Å². The Bertz CT molecular complexity index is 1060. The highest BCUT2D eigenvalue weighted by Gasteiger charge is 2.19. The van der Waals surface area contributed by atoms with Gasteiger partial charge in [0.25, 0.3) is 5.91 Å². The molecule has 0 saturated carbocycles. The van der Waals surface area contributed by atoms with E-state index in [1.807, 2.05) is 54.6 Å². The zero-order valence-corrected chi connectivity index (χ0v) is 16.0. The van der Waals surface area contributed by atoms with Crippen molar-refractivity contribution >= 4 is 22.6 Å². The van der Waals surface area contributed by atoms with Gasteiger partial charge in [0.2, 0.25) is 6.79 Å². The average Bonchev–Trinajstić information content (AvgIpc) is 3.20. The van der Waals surface area contributed by atoms with E-state index in [4.69, 9.17) is 14.2 Å². The van der Waals surface area contributed by atoms with E-state index in [1.54, 1.807) is 13.0 Å². The molecule has 0 aliphatic carbocycles. The lowest BCUT2D eigenvalue weighted by Gasteiger charge is -2.14. The van der Waals surface area contributed by atoms with Crippen molar-refractivity contribution in [1.82, 2.24) is 5.32 Å². The predicted molar refractivity (Wildman–Crippen MR) is 108 cm³/mol. The minimum atomic E-state index is -0.883. The first-order chi connectivity index (χ1) is 14.1. The lowest BCUT2D eigenvalue weighted by molar-refractivity contribution is -0.154. The Labute approximate surface area is 168 Å². The Morgan fingerprint density at radius 1 is 1.03 bits per heavy atom. The molecule has 0 aromatic heterocycles. The molecule has 1 N–H and O–H groups in total. The number of hydrogen-bond donors (Lipinski definition) is 1. The van der Waals surface area contributed by atoms with Crippen LogP contribution in [0.2, 0.25) is 0 Å². The Balaban J connectivity index is 1.31. The van der Waals surface area contributed by atoms with Crippen LogP contribution in [0.4, 0.5) is 0 Å². The van der Waals surface area contributed by atoms with Gasteiger partial charge in [0.15, 0.2) is 17.6 Å². The van der Waals surface area contributed by atoms with Crippen molar-refractivity contribution in [2.75, 3.05) is 6.79 Å². The number of benzene rings is 3. The van der Waals surface area contributed by atoms with Gasteiger partial charge in [-0.3, -0.25) is 9.59 Å². The summed E-state index contributed by atoms with van der Waals surface area (Å²) in [5.41, 5.74) is 1.75. The van der Waals surface area contributed by atoms with Crippen molar-refractivity contribution in [3.8, 4) is 11.5 Å². The number of esters is 1. The number of amides is 1. The normalized spacial score (nSPS) is 13.1. The summed E-state index contributed by atoms with van der Waals surface area (Å²) in [6.07, 6.45) is -0.771. The molecule has 0 bridgehead atoms. The second-order valence-electron chi connectivity index (χ2n) is 6.85. The number of hydrogen-bond acceptors (Lipinski definition) is 5. The highest BCUT2D eigenvalue weighted by molar-refractivity contribution is 5.90. The van der Waals surface area contributed by atoms with E-state index in [2.05, 4.69) is 5.32 Å². The standard InChI is InChI=1S/C23H21NO5/c1-15(23(26)24-13-16-9-10-20-21(11-16)28-14-27-20)29-22(25)12-18-7-4-6-17-5-2-3-8-19(17)18/h2-11,15H,12-14H2,1H3,(H,24,26). The minimum absolute atomic E-state index is 0.112. The first kappa shape index (κ1) is 18.8. The van der Waals surface area contributed by atoms with Gasteiger partial charge in [0, 0.05) is 6.54 Å². The van der Waals surface area contributed by atoms with Crippen LogP contribution in [0.5, 0.6) is 11.5 Å². The maximum absolute atomic E-state index is 12.3. The topological polar surface area (TPSA) is 73.9 Å². The molecule has 148 valence electrons. The molecule has 0 radical (unpaired) electrons. The Hall–Kier alpha value is -3.54. The van der Waals surface area contributed by atoms with Crippen LogP contribution in [0.1, 0.15) is 18.1 Å². The summed E-state index contributed by atoms with van der Waals surface area (Å²) in [5, 5.41) is 4.84. The molecule has 6 heteroatoms. The zero-order chi connectivity index (χ0) is 20.2. The van der Waals surface area contributed by atoms with E-state index in [-0.39, 0.29) is 19.1 Å². The fourth-order valence-corrected chi connectivity index (χ4v) is 3.28. The molecule has 0 fully saturated rings. The molecule has 1 heterocycles. The maximum atomic E-state index is 12.3. The van der Waals surface area contributed by atoms with Crippen molar-refractivity contribution in [2.45, 2.75) is 26.0 Å². The predicted octanol–water partition coefficient (Wildman–Crippen LogP) is 3.36. The van der Waals surface area contributed by atoms with Gasteiger partial charge in [0.1, 0.15) is 0 Å². The van der Waals surface area contributed by atoms with E-state index in [0.29, 0.717) is 18.0 Å². The molecule has 6 nitrogen and oxygen atoms in total. The van der Waals surface area contributed by atoms with Crippen LogP contribution in [-0.2, 0) is 27.3 Å². The van der Waals surface area contributed by atoms with E-state index in [0.717, 1.165) is 21.9 Å². The summed E-state index contributed by atoms with van der Waals surface area (Å²) in [7, 11) is 0. The number of nitrogens with one attached hydrogen (secondary N) is 1. The number of fused-ring (bicyclic) bond motifs is 2. The second-order valence-corrected chi connectivity index (χ2v) is 6.85. The quantitative estimate of drug-likeness (QED) is 0.653. The summed E-state index contributed by atoms with van der Waals surface area (Å²) in [6.45, 7) is 2.07. The van der Waals surface area contributed by atoms with Gasteiger partial charge in [-0.15, -0.1) is 0 Å². The van der Waals surface area contributed by atoms with Crippen LogP contribution in [0.15, 0.2) is 60.7 Å². The molecule has 3 aromatic rings. The highest BCUT2D eigenvalue weighted by atomic mass is 16.7. The molecule has 0 saturated heterocycles. The first-order valence-corrected chi connectivity index (χ1v) is 9.42. The highest BCUT2D eigenvalue weighted by Crippen LogP contribution is 2.32. The maximum Gasteiger partial charge on any atom is 0.311 e. The molecule has 1 aliphatic rings. The van der Waals surface area contributed by atoms with E-state index >= 15 is 0 Å². The van der Waals surface area contributed by atoms with Gasteiger partial charge < -0.3 is 19.5 Å². The number of carbonyl (C=O) groups excluding carboxylic acids is 2. The SMILES string of the molecule is CC(OC(=O)Cc1cccc2ccccc12)C(=O)NCc1ccc2c(c1)OCO2. The fraction of sp³-hybridized carbons (Fsp3) is 0.217. The molecule has 3 aromatic carbocycles. The Morgan fingerprint density at radius 3 is 2.72 bits per heavy atom. The molecule has 1 amide bonds. The molecule has 4 rings (SSSR count). The van der Waals surface area contributed by atoms with Crippen LogP contribution >= 0.6 is 0 Å². The molecule has 29 heavy (non-hydrogen) atoms. The van der Waals surface area contributed by atoms with Gasteiger partial charge >= 0.3 is 5.97 Å². The van der Waals surface area contributed by atoms with Crippen LogP contribution in [0, 0.1) is 0 Å². The van der Waals surface area contributed by atoms with E-state index < -0.39 is 12.1 Å². The number of carbonyl (C=O) groups is 2. The molecular weight excluding hydrogens is 370 g/mol. The average molecular weight is 391 g/mol. The van der Waals surface area contributed by atoms with Gasteiger partial charge in [0.05, 0.1) is 6.42 Å². The largest absolute Gasteiger partial charge is 0.454 e. The molecule has 1 unspecified atom stereocenters. The minimum Gasteiger partial charge on any atom is -0.454 e. The lowest BCUT2D eigenvalue weighted by Crippen LogP contribution is -2.35. The third-order valence-electron chi connectivity index (χ3n) is 4.80.